The molecule has 0 bridgehead atoms. The van der Waals surface area contributed by atoms with Crippen molar-refractivity contribution in [1.82, 2.24) is 0 Å². The van der Waals surface area contributed by atoms with Gasteiger partial charge in [0.2, 0.25) is 0 Å². The van der Waals surface area contributed by atoms with Crippen LogP contribution in [0.15, 0.2) is 52.0 Å². The molecule has 136 valence electrons. The lowest BCUT2D eigenvalue weighted by atomic mass is 9.46. The molecule has 1 atom stereocenters. The van der Waals surface area contributed by atoms with E-state index in [1.807, 2.05) is 24.3 Å². The molecule has 0 radical (unpaired) electrons. The molecule has 0 fully saturated rings. The summed E-state index contributed by atoms with van der Waals surface area (Å²) in [6, 6.07) is 7.60. The van der Waals surface area contributed by atoms with Gasteiger partial charge in [0, 0.05) is 22.3 Å². The Kier molecular flexibility index (Phi) is 2.64. The highest BCUT2D eigenvalue weighted by Gasteiger charge is 2.68. The van der Waals surface area contributed by atoms with Crippen molar-refractivity contribution in [3.05, 3.63) is 74.3 Å². The van der Waals surface area contributed by atoms with Crippen LogP contribution >= 0.6 is 15.9 Å². The zero-order chi connectivity index (χ0) is 19.5. The van der Waals surface area contributed by atoms with Crippen molar-refractivity contribution in [2.75, 3.05) is 7.11 Å². The van der Waals surface area contributed by atoms with Crippen molar-refractivity contribution in [3.63, 3.8) is 0 Å². The van der Waals surface area contributed by atoms with Gasteiger partial charge in [0.25, 0.3) is 0 Å². The van der Waals surface area contributed by atoms with Crippen molar-refractivity contribution in [1.29, 1.82) is 0 Å². The van der Waals surface area contributed by atoms with Crippen LogP contribution in [0.5, 0.6) is 17.2 Å². The maximum atomic E-state index is 12.8. The van der Waals surface area contributed by atoms with E-state index in [2.05, 4.69) is 15.9 Å². The van der Waals surface area contributed by atoms with Crippen LogP contribution < -0.4 is 4.74 Å². The van der Waals surface area contributed by atoms with Gasteiger partial charge in [0.15, 0.2) is 23.1 Å². The van der Waals surface area contributed by atoms with E-state index in [0.717, 1.165) is 16.7 Å². The molecule has 0 amide bonds. The number of benzene rings is 2. The number of fused-ring (bicyclic) bond motifs is 5. The quantitative estimate of drug-likeness (QED) is 0.671. The second kappa shape index (κ2) is 4.64. The molecule has 2 N–H and O–H groups in total. The number of carbonyl (C=O) groups excluding carboxylic acids is 2. The van der Waals surface area contributed by atoms with Crippen molar-refractivity contribution >= 4 is 38.6 Å². The van der Waals surface area contributed by atoms with E-state index in [1.165, 1.54) is 19.3 Å². The number of ether oxygens (including phenoxy) is 1. The third-order valence-electron chi connectivity index (χ3n) is 6.15. The molecule has 6 rings (SSSR count). The lowest BCUT2D eigenvalue weighted by Gasteiger charge is -2.54. The SMILES string of the molecule is COc1c(O)c2c(c(O)c1Br)C13C(=C4C(=O)C=CC(=O)C4=C21)c1ccccc13. The van der Waals surface area contributed by atoms with Crippen LogP contribution in [0.25, 0.3) is 11.1 Å². The molecule has 2 aromatic carbocycles. The second-order valence-electron chi connectivity index (χ2n) is 7.15. The summed E-state index contributed by atoms with van der Waals surface area (Å²) < 4.78 is 5.49. The smallest absolute Gasteiger partial charge is 0.187 e. The van der Waals surface area contributed by atoms with Crippen LogP contribution in [0.3, 0.4) is 0 Å². The maximum Gasteiger partial charge on any atom is 0.187 e. The predicted molar refractivity (Wildman–Crippen MR) is 104 cm³/mol. The van der Waals surface area contributed by atoms with Crippen LogP contribution in [0.4, 0.5) is 0 Å². The third kappa shape index (κ3) is 1.33. The first-order valence-corrected chi connectivity index (χ1v) is 9.44. The summed E-state index contributed by atoms with van der Waals surface area (Å²) in [5.74, 6) is -0.644. The molecule has 4 aliphatic carbocycles. The van der Waals surface area contributed by atoms with Gasteiger partial charge in [-0.25, -0.2) is 0 Å². The van der Waals surface area contributed by atoms with Gasteiger partial charge in [-0.15, -0.1) is 0 Å². The number of phenols is 2. The molecule has 0 aromatic heterocycles. The number of allylic oxidation sites excluding steroid dienone is 6. The Morgan fingerprint density at radius 1 is 0.964 bits per heavy atom. The Bertz CT molecular complexity index is 1310. The largest absolute Gasteiger partial charge is 0.506 e. The molecule has 6 heteroatoms. The van der Waals surface area contributed by atoms with E-state index < -0.39 is 5.41 Å². The Balaban J connectivity index is 1.84. The van der Waals surface area contributed by atoms with E-state index in [4.69, 9.17) is 4.74 Å². The molecule has 0 saturated carbocycles. The summed E-state index contributed by atoms with van der Waals surface area (Å²) in [6.07, 6.45) is 2.55. The van der Waals surface area contributed by atoms with Gasteiger partial charge < -0.3 is 14.9 Å². The van der Waals surface area contributed by atoms with Gasteiger partial charge in [0.1, 0.15) is 10.2 Å². The molecule has 4 aliphatic rings. The molecule has 28 heavy (non-hydrogen) atoms. The van der Waals surface area contributed by atoms with Gasteiger partial charge in [-0.05, 0) is 50.4 Å². The van der Waals surface area contributed by atoms with Gasteiger partial charge in [-0.1, -0.05) is 24.3 Å². The number of hydrogen-bond acceptors (Lipinski definition) is 5. The summed E-state index contributed by atoms with van der Waals surface area (Å²) in [5.41, 5.74) is 3.78. The van der Waals surface area contributed by atoms with Gasteiger partial charge >= 0.3 is 0 Å². The summed E-state index contributed by atoms with van der Waals surface area (Å²) in [6.45, 7) is 0. The van der Waals surface area contributed by atoms with Crippen molar-refractivity contribution in [2.24, 2.45) is 0 Å². The van der Waals surface area contributed by atoms with E-state index in [1.54, 1.807) is 0 Å². The average Bonchev–Trinajstić information content (AvgIpc) is 2.87. The van der Waals surface area contributed by atoms with Gasteiger partial charge in [0.05, 0.1) is 12.5 Å². The lowest BCUT2D eigenvalue weighted by molar-refractivity contribution is -0.115. The molecular weight excluding hydrogens is 424 g/mol. The van der Waals surface area contributed by atoms with Crippen molar-refractivity contribution in [3.8, 4) is 17.2 Å². The third-order valence-corrected chi connectivity index (χ3v) is 6.89. The standard InChI is InChI=1S/C22H11BrO5/c1-28-21-18(23)20(27)17-14(19(21)26)16-13-11(25)7-6-10(24)12(13)15-8-4-2-3-5-9(8)22(15,16)17/h2-7,26-27H,1H3. The van der Waals surface area contributed by atoms with E-state index in [-0.39, 0.29) is 33.3 Å². The summed E-state index contributed by atoms with van der Waals surface area (Å²) >= 11 is 3.30. The summed E-state index contributed by atoms with van der Waals surface area (Å²) in [5, 5.41) is 21.8. The normalized spacial score (nSPS) is 22.8. The van der Waals surface area contributed by atoms with Gasteiger partial charge in [-0.3, -0.25) is 9.59 Å². The Hall–Kier alpha value is -3.12. The molecular formula is C22H11BrO5. The average molecular weight is 435 g/mol. The number of carbonyl (C=O) groups is 2. The highest BCUT2D eigenvalue weighted by molar-refractivity contribution is 9.10. The molecule has 0 saturated heterocycles. The number of methoxy groups -OCH3 is 1. The highest BCUT2D eigenvalue weighted by atomic mass is 79.9. The number of halogens is 1. The van der Waals surface area contributed by atoms with E-state index in [0.29, 0.717) is 27.8 Å². The fourth-order valence-electron chi connectivity index (χ4n) is 5.23. The lowest BCUT2D eigenvalue weighted by Crippen LogP contribution is -2.45. The Labute approximate surface area is 167 Å². The first-order chi connectivity index (χ1) is 13.5. The van der Waals surface area contributed by atoms with Crippen molar-refractivity contribution < 1.29 is 24.5 Å². The number of ketones is 2. The highest BCUT2D eigenvalue weighted by Crippen LogP contribution is 2.78. The first-order valence-electron chi connectivity index (χ1n) is 8.64. The fourth-order valence-corrected chi connectivity index (χ4v) is 5.78. The second-order valence-corrected chi connectivity index (χ2v) is 7.94. The van der Waals surface area contributed by atoms with Crippen LogP contribution in [-0.2, 0) is 15.0 Å². The minimum absolute atomic E-state index is 0.0619. The number of aromatic hydroxyl groups is 2. The topological polar surface area (TPSA) is 83.8 Å². The van der Waals surface area contributed by atoms with Gasteiger partial charge in [-0.2, -0.15) is 0 Å². The fraction of sp³-hybridized carbons (Fsp3) is 0.0909. The summed E-state index contributed by atoms with van der Waals surface area (Å²) in [7, 11) is 1.39. The minimum Gasteiger partial charge on any atom is -0.506 e. The van der Waals surface area contributed by atoms with Crippen LogP contribution in [0, 0.1) is 0 Å². The number of phenolic OH excluding ortho intramolecular Hbond substituents is 2. The molecule has 0 heterocycles. The van der Waals surface area contributed by atoms with E-state index >= 15 is 0 Å². The first kappa shape index (κ1) is 15.9. The Morgan fingerprint density at radius 2 is 1.61 bits per heavy atom. The molecule has 1 unspecified atom stereocenters. The Morgan fingerprint density at radius 3 is 2.29 bits per heavy atom. The summed E-state index contributed by atoms with van der Waals surface area (Å²) in [4.78, 5) is 25.5. The maximum absolute atomic E-state index is 12.8. The molecule has 2 aromatic rings. The predicted octanol–water partition coefficient (Wildman–Crippen LogP) is 3.41. The van der Waals surface area contributed by atoms with E-state index in [9.17, 15) is 19.8 Å². The molecule has 5 nitrogen and oxygen atoms in total. The number of hydrogen-bond donors (Lipinski definition) is 2. The number of rotatable bonds is 1. The monoisotopic (exact) mass is 434 g/mol. The van der Waals surface area contributed by atoms with Crippen LogP contribution in [-0.4, -0.2) is 28.9 Å². The minimum atomic E-state index is -0.871. The zero-order valence-corrected chi connectivity index (χ0v) is 16.0. The molecule has 1 spiro atoms. The van der Waals surface area contributed by atoms with Crippen LogP contribution in [0.1, 0.15) is 22.3 Å². The molecule has 0 aliphatic heterocycles. The van der Waals surface area contributed by atoms with Crippen molar-refractivity contribution in [2.45, 2.75) is 5.41 Å². The van der Waals surface area contributed by atoms with Crippen LogP contribution in [0.2, 0.25) is 0 Å². The zero-order valence-electron chi connectivity index (χ0n) is 14.5.